The summed E-state index contributed by atoms with van der Waals surface area (Å²) >= 11 is 5.94. The summed E-state index contributed by atoms with van der Waals surface area (Å²) in [5, 5.41) is 11.1. The molecule has 20 heavy (non-hydrogen) atoms. The molecule has 0 bridgehead atoms. The van der Waals surface area contributed by atoms with Crippen molar-refractivity contribution in [3.63, 3.8) is 0 Å². The molecule has 0 aliphatic rings. The first-order valence-electron chi connectivity index (χ1n) is 5.88. The van der Waals surface area contributed by atoms with Crippen LogP contribution < -0.4 is 10.1 Å². The van der Waals surface area contributed by atoms with Gasteiger partial charge in [0.25, 0.3) is 0 Å². The van der Waals surface area contributed by atoms with Crippen molar-refractivity contribution < 1.29 is 23.8 Å². The number of carboxylic acid groups (broad SMARTS) is 1. The van der Waals surface area contributed by atoms with Gasteiger partial charge in [-0.05, 0) is 24.1 Å². The molecule has 0 spiro atoms. The van der Waals surface area contributed by atoms with Crippen LogP contribution in [0.4, 0.5) is 4.39 Å². The van der Waals surface area contributed by atoms with E-state index in [0.29, 0.717) is 17.2 Å². The molecule has 0 radical (unpaired) electrons. The van der Waals surface area contributed by atoms with E-state index in [1.165, 1.54) is 7.11 Å². The van der Waals surface area contributed by atoms with Crippen LogP contribution in [0.3, 0.4) is 0 Å². The van der Waals surface area contributed by atoms with E-state index in [4.69, 9.17) is 21.4 Å². The smallest absolute Gasteiger partial charge is 0.328 e. The number of carboxylic acids is 1. The molecule has 0 aromatic heterocycles. The summed E-state index contributed by atoms with van der Waals surface area (Å²) in [6.45, 7) is -1.14. The zero-order valence-electron chi connectivity index (χ0n) is 10.9. The molecule has 2 N–H and O–H groups in total. The van der Waals surface area contributed by atoms with E-state index in [1.807, 2.05) is 0 Å². The third kappa shape index (κ3) is 4.70. The molecule has 0 aliphatic carbocycles. The Labute approximate surface area is 120 Å². The second kappa shape index (κ2) is 7.69. The van der Waals surface area contributed by atoms with Gasteiger partial charge < -0.3 is 15.2 Å². The van der Waals surface area contributed by atoms with Crippen molar-refractivity contribution in [1.82, 2.24) is 5.32 Å². The van der Waals surface area contributed by atoms with Crippen molar-refractivity contribution in [2.45, 2.75) is 18.9 Å². The lowest BCUT2D eigenvalue weighted by atomic mass is 10.1. The zero-order valence-corrected chi connectivity index (χ0v) is 11.6. The number of benzene rings is 1. The second-order valence-electron chi connectivity index (χ2n) is 4.08. The minimum absolute atomic E-state index is 0.0481. The predicted molar refractivity (Wildman–Crippen MR) is 71.9 cm³/mol. The Kier molecular flexibility index (Phi) is 6.24. The lowest BCUT2D eigenvalue weighted by Gasteiger charge is -2.11. The van der Waals surface area contributed by atoms with Crippen LogP contribution in [0.5, 0.6) is 5.75 Å². The summed E-state index contributed by atoms with van der Waals surface area (Å²) in [4.78, 5) is 22.1. The van der Waals surface area contributed by atoms with E-state index in [9.17, 15) is 14.0 Å². The van der Waals surface area contributed by atoms with Crippen LogP contribution in [0.1, 0.15) is 12.0 Å². The number of carbonyl (C=O) groups is 2. The molecule has 0 fully saturated rings. The van der Waals surface area contributed by atoms with Gasteiger partial charge in [-0.2, -0.15) is 0 Å². The lowest BCUT2D eigenvalue weighted by molar-refractivity contribution is -0.142. The molecule has 1 aromatic rings. The molecular weight excluding hydrogens is 289 g/mol. The van der Waals surface area contributed by atoms with E-state index >= 15 is 0 Å². The van der Waals surface area contributed by atoms with Crippen LogP contribution in [-0.2, 0) is 16.0 Å². The van der Waals surface area contributed by atoms with Gasteiger partial charge in [0.1, 0.15) is 12.4 Å². The SMILES string of the molecule is COc1ccc(CCC(=O)NC(CF)C(=O)O)cc1Cl. The monoisotopic (exact) mass is 303 g/mol. The van der Waals surface area contributed by atoms with Gasteiger partial charge in [0.05, 0.1) is 12.1 Å². The number of amides is 1. The fourth-order valence-electron chi connectivity index (χ4n) is 1.56. The standard InChI is InChI=1S/C13H15ClFNO4/c1-20-11-4-2-8(6-9(11)14)3-5-12(17)16-10(7-15)13(18)19/h2,4,6,10H,3,5,7H2,1H3,(H,16,17)(H,18,19). The van der Waals surface area contributed by atoms with Crippen molar-refractivity contribution in [2.24, 2.45) is 0 Å². The van der Waals surface area contributed by atoms with Gasteiger partial charge in [-0.25, -0.2) is 9.18 Å². The second-order valence-corrected chi connectivity index (χ2v) is 4.49. The highest BCUT2D eigenvalue weighted by Gasteiger charge is 2.19. The number of halogens is 2. The normalized spacial score (nSPS) is 11.8. The minimum atomic E-state index is -1.50. The number of aliphatic carboxylic acids is 1. The first-order valence-corrected chi connectivity index (χ1v) is 6.26. The maximum absolute atomic E-state index is 12.3. The fourth-order valence-corrected chi connectivity index (χ4v) is 1.84. The molecule has 7 heteroatoms. The number of nitrogens with one attached hydrogen (secondary N) is 1. The van der Waals surface area contributed by atoms with Crippen LogP contribution in [0.2, 0.25) is 5.02 Å². The predicted octanol–water partition coefficient (Wildman–Crippen LogP) is 1.82. The van der Waals surface area contributed by atoms with Crippen LogP contribution in [0, 0.1) is 0 Å². The molecule has 1 unspecified atom stereocenters. The molecule has 0 aliphatic heterocycles. The fraction of sp³-hybridized carbons (Fsp3) is 0.385. The van der Waals surface area contributed by atoms with Crippen LogP contribution in [-0.4, -0.2) is 36.8 Å². The average Bonchev–Trinajstić information content (AvgIpc) is 2.42. The molecule has 110 valence electrons. The number of carbonyl (C=O) groups excluding carboxylic acids is 1. The van der Waals surface area contributed by atoms with E-state index < -0.39 is 24.6 Å². The van der Waals surface area contributed by atoms with Crippen LogP contribution in [0.25, 0.3) is 0 Å². The van der Waals surface area contributed by atoms with E-state index in [1.54, 1.807) is 18.2 Å². The largest absolute Gasteiger partial charge is 0.495 e. The molecular formula is C13H15ClFNO4. The molecule has 1 amide bonds. The van der Waals surface area contributed by atoms with Crippen LogP contribution >= 0.6 is 11.6 Å². The Balaban J connectivity index is 2.52. The average molecular weight is 304 g/mol. The molecule has 1 aromatic carbocycles. The summed E-state index contributed by atoms with van der Waals surface area (Å²) in [7, 11) is 1.50. The summed E-state index contributed by atoms with van der Waals surface area (Å²) in [5.74, 6) is -1.39. The highest BCUT2D eigenvalue weighted by atomic mass is 35.5. The summed E-state index contributed by atoms with van der Waals surface area (Å²) in [6, 6.07) is 3.60. The van der Waals surface area contributed by atoms with Gasteiger partial charge in [0.15, 0.2) is 6.04 Å². The first kappa shape index (κ1) is 16.2. The topological polar surface area (TPSA) is 75.6 Å². The highest BCUT2D eigenvalue weighted by Crippen LogP contribution is 2.25. The number of rotatable bonds is 7. The van der Waals surface area contributed by atoms with Gasteiger partial charge in [-0.1, -0.05) is 17.7 Å². The maximum Gasteiger partial charge on any atom is 0.328 e. The number of alkyl halides is 1. The third-order valence-electron chi connectivity index (χ3n) is 2.64. The van der Waals surface area contributed by atoms with Crippen molar-refractivity contribution in [1.29, 1.82) is 0 Å². The maximum atomic E-state index is 12.3. The number of ether oxygens (including phenoxy) is 1. The molecule has 0 saturated heterocycles. The summed E-state index contributed by atoms with van der Waals surface area (Å²) in [6.07, 6.45) is 0.417. The van der Waals surface area contributed by atoms with Crippen LogP contribution in [0.15, 0.2) is 18.2 Å². The van der Waals surface area contributed by atoms with Crippen molar-refractivity contribution in [2.75, 3.05) is 13.8 Å². The Morgan fingerprint density at radius 3 is 2.70 bits per heavy atom. The quantitative estimate of drug-likeness (QED) is 0.805. The van der Waals surface area contributed by atoms with Crippen molar-refractivity contribution in [3.8, 4) is 5.75 Å². The first-order chi connectivity index (χ1) is 9.47. The third-order valence-corrected chi connectivity index (χ3v) is 2.94. The molecule has 0 saturated carbocycles. The van der Waals surface area contributed by atoms with Gasteiger partial charge in [0, 0.05) is 6.42 Å². The molecule has 1 rings (SSSR count). The Bertz CT molecular complexity index is 495. The van der Waals surface area contributed by atoms with Crippen molar-refractivity contribution in [3.05, 3.63) is 28.8 Å². The lowest BCUT2D eigenvalue weighted by Crippen LogP contribution is -2.42. The Morgan fingerprint density at radius 2 is 2.20 bits per heavy atom. The van der Waals surface area contributed by atoms with Gasteiger partial charge in [-0.3, -0.25) is 4.79 Å². The number of hydrogen-bond acceptors (Lipinski definition) is 3. The number of hydrogen-bond donors (Lipinski definition) is 2. The Hall–Kier alpha value is -1.82. The Morgan fingerprint density at radius 1 is 1.50 bits per heavy atom. The minimum Gasteiger partial charge on any atom is -0.495 e. The van der Waals surface area contributed by atoms with E-state index in [0.717, 1.165) is 5.56 Å². The molecule has 0 heterocycles. The number of aryl methyl sites for hydroxylation is 1. The van der Waals surface area contributed by atoms with E-state index in [-0.39, 0.29) is 6.42 Å². The van der Waals surface area contributed by atoms with Gasteiger partial charge in [-0.15, -0.1) is 0 Å². The van der Waals surface area contributed by atoms with Gasteiger partial charge >= 0.3 is 5.97 Å². The molecule has 5 nitrogen and oxygen atoms in total. The molecule has 1 atom stereocenters. The van der Waals surface area contributed by atoms with Gasteiger partial charge in [0.2, 0.25) is 5.91 Å². The van der Waals surface area contributed by atoms with Crippen molar-refractivity contribution >= 4 is 23.5 Å². The zero-order chi connectivity index (χ0) is 15.1. The van der Waals surface area contributed by atoms with E-state index in [2.05, 4.69) is 5.32 Å². The summed E-state index contributed by atoms with van der Waals surface area (Å²) < 4.78 is 17.3. The highest BCUT2D eigenvalue weighted by molar-refractivity contribution is 6.32. The number of methoxy groups -OCH3 is 1. The summed E-state index contributed by atoms with van der Waals surface area (Å²) in [5.41, 5.74) is 0.804.